The number of H-pyrrole nitrogens is 1. The van der Waals surface area contributed by atoms with Crippen LogP contribution in [0.2, 0.25) is 0 Å². The molecule has 0 saturated heterocycles. The van der Waals surface area contributed by atoms with Gasteiger partial charge in [0.15, 0.2) is 0 Å². The molecule has 1 amide bonds. The second-order valence-electron chi connectivity index (χ2n) is 5.07. The zero-order valence-corrected chi connectivity index (χ0v) is 12.5. The minimum Gasteiger partial charge on any atom is -0.349 e. The molecule has 0 saturated carbocycles. The van der Waals surface area contributed by atoms with Crippen LogP contribution in [0.25, 0.3) is 11.0 Å². The lowest BCUT2D eigenvalue weighted by Crippen LogP contribution is -2.24. The smallest absolute Gasteiger partial charge is 0.220 e. The molecule has 0 aliphatic heterocycles. The van der Waals surface area contributed by atoms with E-state index in [0.29, 0.717) is 19.4 Å². The highest BCUT2D eigenvalue weighted by Crippen LogP contribution is 2.16. The maximum absolute atomic E-state index is 11.9. The lowest BCUT2D eigenvalue weighted by atomic mass is 10.2. The van der Waals surface area contributed by atoms with E-state index in [2.05, 4.69) is 37.8 Å². The topological polar surface area (TPSA) is 75.6 Å². The van der Waals surface area contributed by atoms with Crippen molar-refractivity contribution in [2.24, 2.45) is 0 Å². The monoisotopic (exact) mass is 297 g/mol. The number of nitrogens with one attached hydrogen (secondary N) is 2. The van der Waals surface area contributed by atoms with Gasteiger partial charge in [-0.25, -0.2) is 9.97 Å². The Hall–Kier alpha value is -2.63. The van der Waals surface area contributed by atoms with Crippen molar-refractivity contribution < 1.29 is 4.79 Å². The zero-order chi connectivity index (χ0) is 15.4. The number of imidazole rings is 2. The fraction of sp³-hybridized carbons (Fsp3) is 0.312. The van der Waals surface area contributed by atoms with Crippen molar-refractivity contribution in [2.45, 2.75) is 32.9 Å². The molecule has 0 bridgehead atoms. The number of aryl methyl sites for hydroxylation is 2. The Morgan fingerprint density at radius 2 is 2.23 bits per heavy atom. The molecule has 0 spiro atoms. The van der Waals surface area contributed by atoms with Crippen molar-refractivity contribution in [3.05, 3.63) is 48.3 Å². The van der Waals surface area contributed by atoms with Crippen LogP contribution >= 0.6 is 0 Å². The molecule has 0 radical (unpaired) electrons. The molecule has 3 rings (SSSR count). The molecule has 22 heavy (non-hydrogen) atoms. The van der Waals surface area contributed by atoms with E-state index < -0.39 is 0 Å². The van der Waals surface area contributed by atoms with Gasteiger partial charge < -0.3 is 14.9 Å². The number of nitrogens with zero attached hydrogens (tertiary/aromatic N) is 3. The van der Waals surface area contributed by atoms with Crippen molar-refractivity contribution >= 4 is 16.9 Å². The highest BCUT2D eigenvalue weighted by atomic mass is 16.1. The SMILES string of the molecule is CCn1c(CCC(=O)NCc2ncc[nH]2)nc2ccccc21. The van der Waals surface area contributed by atoms with Crippen molar-refractivity contribution in [1.82, 2.24) is 24.8 Å². The fourth-order valence-electron chi connectivity index (χ4n) is 2.56. The normalized spacial score (nSPS) is 11.0. The summed E-state index contributed by atoms with van der Waals surface area (Å²) in [5.74, 6) is 1.72. The number of carbonyl (C=O) groups is 1. The van der Waals surface area contributed by atoms with E-state index in [-0.39, 0.29) is 5.91 Å². The third-order valence-electron chi connectivity index (χ3n) is 3.63. The molecule has 0 fully saturated rings. The first kappa shape index (κ1) is 14.3. The molecule has 2 aromatic heterocycles. The summed E-state index contributed by atoms with van der Waals surface area (Å²) < 4.78 is 2.16. The number of carbonyl (C=O) groups excluding carboxylic acids is 1. The predicted octanol–water partition coefficient (Wildman–Crippen LogP) is 2.03. The summed E-state index contributed by atoms with van der Waals surface area (Å²) >= 11 is 0. The van der Waals surface area contributed by atoms with Crippen LogP contribution in [-0.4, -0.2) is 25.4 Å². The van der Waals surface area contributed by atoms with Crippen LogP contribution in [0, 0.1) is 0 Å². The maximum atomic E-state index is 11.9. The van der Waals surface area contributed by atoms with Crippen LogP contribution in [0.3, 0.4) is 0 Å². The number of para-hydroxylation sites is 2. The molecule has 6 nitrogen and oxygen atoms in total. The number of aromatic nitrogens is 4. The van der Waals surface area contributed by atoms with Crippen molar-refractivity contribution in [2.75, 3.05) is 0 Å². The van der Waals surface area contributed by atoms with Gasteiger partial charge in [0.05, 0.1) is 17.6 Å². The first-order chi connectivity index (χ1) is 10.8. The van der Waals surface area contributed by atoms with E-state index in [1.54, 1.807) is 12.4 Å². The van der Waals surface area contributed by atoms with Gasteiger partial charge in [-0.2, -0.15) is 0 Å². The average molecular weight is 297 g/mol. The predicted molar refractivity (Wildman–Crippen MR) is 84.2 cm³/mol. The van der Waals surface area contributed by atoms with E-state index in [1.807, 2.05) is 18.2 Å². The number of rotatable bonds is 6. The standard InChI is InChI=1S/C16H19N5O/c1-2-21-13-6-4-3-5-12(13)20-15(21)7-8-16(22)19-11-14-17-9-10-18-14/h3-6,9-10H,2,7-8,11H2,1H3,(H,17,18)(H,19,22). The summed E-state index contributed by atoms with van der Waals surface area (Å²) in [6, 6.07) is 8.06. The number of amides is 1. The average Bonchev–Trinajstić information content (AvgIpc) is 3.17. The van der Waals surface area contributed by atoms with Crippen LogP contribution in [0.1, 0.15) is 25.0 Å². The molecule has 1 aromatic carbocycles. The highest BCUT2D eigenvalue weighted by molar-refractivity contribution is 5.77. The molecular weight excluding hydrogens is 278 g/mol. The summed E-state index contributed by atoms with van der Waals surface area (Å²) in [6.45, 7) is 3.37. The summed E-state index contributed by atoms with van der Waals surface area (Å²) in [6.07, 6.45) is 4.47. The summed E-state index contributed by atoms with van der Waals surface area (Å²) in [7, 11) is 0. The molecular formula is C16H19N5O. The Morgan fingerprint density at radius 3 is 3.00 bits per heavy atom. The Bertz CT molecular complexity index is 760. The summed E-state index contributed by atoms with van der Waals surface area (Å²) in [5, 5.41) is 2.86. The number of aromatic amines is 1. The Balaban J connectivity index is 1.62. The van der Waals surface area contributed by atoms with Crippen molar-refractivity contribution in [3.63, 3.8) is 0 Å². The van der Waals surface area contributed by atoms with Gasteiger partial charge in [0.1, 0.15) is 11.6 Å². The van der Waals surface area contributed by atoms with E-state index >= 15 is 0 Å². The quantitative estimate of drug-likeness (QED) is 0.731. The van der Waals surface area contributed by atoms with E-state index in [9.17, 15) is 4.79 Å². The van der Waals surface area contributed by atoms with Gasteiger partial charge in [-0.05, 0) is 19.1 Å². The minimum absolute atomic E-state index is 0.00566. The van der Waals surface area contributed by atoms with E-state index in [0.717, 1.165) is 29.2 Å². The fourth-order valence-corrected chi connectivity index (χ4v) is 2.56. The second kappa shape index (κ2) is 6.43. The lowest BCUT2D eigenvalue weighted by molar-refractivity contribution is -0.121. The molecule has 2 N–H and O–H groups in total. The van der Waals surface area contributed by atoms with Gasteiger partial charge in [0.25, 0.3) is 0 Å². The van der Waals surface area contributed by atoms with Gasteiger partial charge in [0, 0.05) is 31.8 Å². The molecule has 0 atom stereocenters. The van der Waals surface area contributed by atoms with Gasteiger partial charge in [-0.15, -0.1) is 0 Å². The van der Waals surface area contributed by atoms with Crippen LogP contribution in [0.4, 0.5) is 0 Å². The molecule has 0 unspecified atom stereocenters. The molecule has 2 heterocycles. The Morgan fingerprint density at radius 1 is 1.36 bits per heavy atom. The maximum Gasteiger partial charge on any atom is 0.220 e. The molecule has 114 valence electrons. The molecule has 0 aliphatic rings. The first-order valence-corrected chi connectivity index (χ1v) is 7.47. The third-order valence-corrected chi connectivity index (χ3v) is 3.63. The Labute approximate surface area is 128 Å². The molecule has 0 aliphatic carbocycles. The molecule has 3 aromatic rings. The van der Waals surface area contributed by atoms with Crippen molar-refractivity contribution in [3.8, 4) is 0 Å². The van der Waals surface area contributed by atoms with Gasteiger partial charge in [-0.3, -0.25) is 4.79 Å². The number of hydrogen-bond acceptors (Lipinski definition) is 3. The van der Waals surface area contributed by atoms with E-state index in [4.69, 9.17) is 0 Å². The molecule has 6 heteroatoms. The van der Waals surface area contributed by atoms with Gasteiger partial charge in [-0.1, -0.05) is 12.1 Å². The largest absolute Gasteiger partial charge is 0.349 e. The first-order valence-electron chi connectivity index (χ1n) is 7.47. The number of benzene rings is 1. The second-order valence-corrected chi connectivity index (χ2v) is 5.07. The Kier molecular flexibility index (Phi) is 4.18. The minimum atomic E-state index is 0.00566. The summed E-state index contributed by atoms with van der Waals surface area (Å²) in [5.41, 5.74) is 2.10. The number of fused-ring (bicyclic) bond motifs is 1. The van der Waals surface area contributed by atoms with Crippen LogP contribution in [0.15, 0.2) is 36.7 Å². The van der Waals surface area contributed by atoms with Crippen LogP contribution in [-0.2, 0) is 24.3 Å². The number of hydrogen-bond donors (Lipinski definition) is 2. The van der Waals surface area contributed by atoms with Crippen molar-refractivity contribution in [1.29, 1.82) is 0 Å². The van der Waals surface area contributed by atoms with Crippen LogP contribution < -0.4 is 5.32 Å². The zero-order valence-electron chi connectivity index (χ0n) is 12.5. The van der Waals surface area contributed by atoms with Crippen LogP contribution in [0.5, 0.6) is 0 Å². The van der Waals surface area contributed by atoms with E-state index in [1.165, 1.54) is 0 Å². The van der Waals surface area contributed by atoms with Gasteiger partial charge in [0.2, 0.25) is 5.91 Å². The van der Waals surface area contributed by atoms with Gasteiger partial charge >= 0.3 is 0 Å². The highest BCUT2D eigenvalue weighted by Gasteiger charge is 2.11. The summed E-state index contributed by atoms with van der Waals surface area (Å²) in [4.78, 5) is 23.6. The lowest BCUT2D eigenvalue weighted by Gasteiger charge is -2.06. The third kappa shape index (κ3) is 3.00.